The zero-order chi connectivity index (χ0) is 16.4. The summed E-state index contributed by atoms with van der Waals surface area (Å²) in [5.74, 6) is 2.06. The average molecular weight is 323 g/mol. The van der Waals surface area contributed by atoms with Crippen LogP contribution in [0.3, 0.4) is 0 Å². The third kappa shape index (κ3) is 3.11. The van der Waals surface area contributed by atoms with Gasteiger partial charge in [0.15, 0.2) is 0 Å². The molecule has 2 aliphatic heterocycles. The summed E-state index contributed by atoms with van der Waals surface area (Å²) in [4.78, 5) is 10.0. The molecule has 0 saturated carbocycles. The number of pyridine rings is 1. The Bertz CT molecular complexity index is 693. The Labute approximate surface area is 144 Å². The Kier molecular flexibility index (Phi) is 4.39. The van der Waals surface area contributed by atoms with E-state index < -0.39 is 0 Å². The monoisotopic (exact) mass is 323 g/mol. The highest BCUT2D eigenvalue weighted by atomic mass is 16.5. The fourth-order valence-electron chi connectivity index (χ4n) is 3.72. The summed E-state index contributed by atoms with van der Waals surface area (Å²) >= 11 is 0. The number of likely N-dealkylation sites (tertiary alicyclic amines) is 1. The van der Waals surface area contributed by atoms with E-state index in [0.29, 0.717) is 0 Å². The maximum atomic E-state index is 5.24. The maximum Gasteiger partial charge on any atom is 0.132 e. The standard InChI is InChI=1S/C20H25N3O/c1-24-18-7-4-16(5-8-18)19-9-6-17-10-13-23(20(17)21-19)15-14-22-11-2-3-12-22/h4-9H,2-3,10-15H2,1H3. The van der Waals surface area contributed by atoms with Gasteiger partial charge in [0.05, 0.1) is 12.8 Å². The van der Waals surface area contributed by atoms with Crippen LogP contribution < -0.4 is 9.64 Å². The summed E-state index contributed by atoms with van der Waals surface area (Å²) in [5.41, 5.74) is 3.57. The van der Waals surface area contributed by atoms with Gasteiger partial charge in [-0.2, -0.15) is 0 Å². The molecular formula is C20H25N3O. The molecule has 126 valence electrons. The topological polar surface area (TPSA) is 28.6 Å². The van der Waals surface area contributed by atoms with Crippen LogP contribution >= 0.6 is 0 Å². The molecule has 4 rings (SSSR count). The molecule has 0 amide bonds. The van der Waals surface area contributed by atoms with E-state index in [4.69, 9.17) is 9.72 Å². The fraction of sp³-hybridized carbons (Fsp3) is 0.450. The molecule has 0 N–H and O–H groups in total. The van der Waals surface area contributed by atoms with E-state index in [1.54, 1.807) is 7.11 Å². The molecule has 0 aliphatic carbocycles. The quantitative estimate of drug-likeness (QED) is 0.845. The largest absolute Gasteiger partial charge is 0.497 e. The van der Waals surface area contributed by atoms with Crippen molar-refractivity contribution in [2.24, 2.45) is 0 Å². The second-order valence-electron chi connectivity index (χ2n) is 6.69. The van der Waals surface area contributed by atoms with Crippen LogP contribution in [-0.2, 0) is 6.42 Å². The zero-order valence-corrected chi connectivity index (χ0v) is 14.4. The number of hydrogen-bond acceptors (Lipinski definition) is 4. The van der Waals surface area contributed by atoms with Crippen molar-refractivity contribution >= 4 is 5.82 Å². The van der Waals surface area contributed by atoms with Gasteiger partial charge in [-0.3, -0.25) is 0 Å². The smallest absolute Gasteiger partial charge is 0.132 e. The van der Waals surface area contributed by atoms with Crippen molar-refractivity contribution in [1.82, 2.24) is 9.88 Å². The summed E-state index contributed by atoms with van der Waals surface area (Å²) in [7, 11) is 1.70. The van der Waals surface area contributed by atoms with Gasteiger partial charge in [-0.25, -0.2) is 4.98 Å². The zero-order valence-electron chi connectivity index (χ0n) is 14.4. The van der Waals surface area contributed by atoms with Gasteiger partial charge in [-0.05, 0) is 68.2 Å². The van der Waals surface area contributed by atoms with E-state index in [9.17, 15) is 0 Å². The number of aromatic nitrogens is 1. The molecular weight excluding hydrogens is 298 g/mol. The van der Waals surface area contributed by atoms with E-state index in [1.807, 2.05) is 12.1 Å². The van der Waals surface area contributed by atoms with Crippen molar-refractivity contribution < 1.29 is 4.74 Å². The molecule has 2 aromatic rings. The number of hydrogen-bond donors (Lipinski definition) is 0. The van der Waals surface area contributed by atoms with Gasteiger partial charge in [-0.15, -0.1) is 0 Å². The van der Waals surface area contributed by atoms with Crippen LogP contribution in [0.2, 0.25) is 0 Å². The van der Waals surface area contributed by atoms with Crippen LogP contribution in [0, 0.1) is 0 Å². The Hall–Kier alpha value is -2.07. The fourth-order valence-corrected chi connectivity index (χ4v) is 3.72. The maximum absolute atomic E-state index is 5.24. The predicted octanol–water partition coefficient (Wildman–Crippen LogP) is 3.22. The molecule has 3 heterocycles. The molecule has 0 atom stereocenters. The minimum absolute atomic E-state index is 0.882. The first-order valence-electron chi connectivity index (χ1n) is 8.95. The van der Waals surface area contributed by atoms with E-state index in [-0.39, 0.29) is 0 Å². The molecule has 1 fully saturated rings. The lowest BCUT2D eigenvalue weighted by Crippen LogP contribution is -2.33. The third-order valence-electron chi connectivity index (χ3n) is 5.18. The molecule has 24 heavy (non-hydrogen) atoms. The van der Waals surface area contributed by atoms with E-state index in [0.717, 1.165) is 43.1 Å². The van der Waals surface area contributed by atoms with Gasteiger partial charge in [0.25, 0.3) is 0 Å². The lowest BCUT2D eigenvalue weighted by Gasteiger charge is -2.22. The van der Waals surface area contributed by atoms with Gasteiger partial charge in [0.1, 0.15) is 11.6 Å². The molecule has 4 nitrogen and oxygen atoms in total. The minimum atomic E-state index is 0.882. The van der Waals surface area contributed by atoms with E-state index >= 15 is 0 Å². The van der Waals surface area contributed by atoms with Gasteiger partial charge in [0.2, 0.25) is 0 Å². The van der Waals surface area contributed by atoms with Crippen LogP contribution in [0.4, 0.5) is 5.82 Å². The molecule has 0 radical (unpaired) electrons. The van der Waals surface area contributed by atoms with Crippen LogP contribution in [0.1, 0.15) is 18.4 Å². The van der Waals surface area contributed by atoms with Crippen molar-refractivity contribution in [2.75, 3.05) is 44.7 Å². The number of benzene rings is 1. The van der Waals surface area contributed by atoms with Gasteiger partial charge < -0.3 is 14.5 Å². The Morgan fingerprint density at radius 1 is 0.958 bits per heavy atom. The second kappa shape index (κ2) is 6.81. The normalized spacial score (nSPS) is 17.3. The first-order valence-corrected chi connectivity index (χ1v) is 8.95. The average Bonchev–Trinajstić information content (AvgIpc) is 3.29. The van der Waals surface area contributed by atoms with Crippen molar-refractivity contribution in [3.8, 4) is 17.0 Å². The third-order valence-corrected chi connectivity index (χ3v) is 5.18. The van der Waals surface area contributed by atoms with E-state index in [2.05, 4.69) is 34.1 Å². The highest BCUT2D eigenvalue weighted by molar-refractivity contribution is 5.65. The number of nitrogens with zero attached hydrogens (tertiary/aromatic N) is 3. The molecule has 2 aliphatic rings. The van der Waals surface area contributed by atoms with Crippen LogP contribution in [-0.4, -0.2) is 49.7 Å². The number of rotatable bonds is 5. The first-order chi connectivity index (χ1) is 11.8. The van der Waals surface area contributed by atoms with Crippen molar-refractivity contribution in [3.05, 3.63) is 42.0 Å². The Morgan fingerprint density at radius 2 is 1.75 bits per heavy atom. The van der Waals surface area contributed by atoms with Crippen molar-refractivity contribution in [3.63, 3.8) is 0 Å². The van der Waals surface area contributed by atoms with E-state index in [1.165, 1.54) is 37.3 Å². The van der Waals surface area contributed by atoms with Crippen LogP contribution in [0.25, 0.3) is 11.3 Å². The predicted molar refractivity (Wildman–Crippen MR) is 97.8 cm³/mol. The Balaban J connectivity index is 1.51. The van der Waals surface area contributed by atoms with Gasteiger partial charge in [-0.1, -0.05) is 6.07 Å². The first kappa shape index (κ1) is 15.5. The second-order valence-corrected chi connectivity index (χ2v) is 6.69. The molecule has 1 aromatic heterocycles. The summed E-state index contributed by atoms with van der Waals surface area (Å²) in [6, 6.07) is 12.5. The highest BCUT2D eigenvalue weighted by Crippen LogP contribution is 2.30. The van der Waals surface area contributed by atoms with Crippen molar-refractivity contribution in [1.29, 1.82) is 0 Å². The van der Waals surface area contributed by atoms with Gasteiger partial charge >= 0.3 is 0 Å². The summed E-state index contributed by atoms with van der Waals surface area (Å²) < 4.78 is 5.24. The number of anilines is 1. The molecule has 1 aromatic carbocycles. The molecule has 0 unspecified atom stereocenters. The van der Waals surface area contributed by atoms with Crippen LogP contribution in [0.5, 0.6) is 5.75 Å². The SMILES string of the molecule is COc1ccc(-c2ccc3c(n2)N(CCN2CCCC2)CC3)cc1. The summed E-state index contributed by atoms with van der Waals surface area (Å²) in [5, 5.41) is 0. The van der Waals surface area contributed by atoms with Crippen molar-refractivity contribution in [2.45, 2.75) is 19.3 Å². The molecule has 4 heteroatoms. The lowest BCUT2D eigenvalue weighted by atomic mass is 10.1. The number of fused-ring (bicyclic) bond motifs is 1. The lowest BCUT2D eigenvalue weighted by molar-refractivity contribution is 0.345. The molecule has 0 bridgehead atoms. The molecule has 0 spiro atoms. The highest BCUT2D eigenvalue weighted by Gasteiger charge is 2.22. The minimum Gasteiger partial charge on any atom is -0.497 e. The number of methoxy groups -OCH3 is 1. The number of ether oxygens (including phenoxy) is 1. The van der Waals surface area contributed by atoms with Crippen LogP contribution in [0.15, 0.2) is 36.4 Å². The summed E-state index contributed by atoms with van der Waals surface area (Å²) in [6.45, 7) is 5.88. The molecule has 1 saturated heterocycles. The van der Waals surface area contributed by atoms with Gasteiger partial charge in [0, 0.05) is 25.2 Å². The Morgan fingerprint density at radius 3 is 2.50 bits per heavy atom. The summed E-state index contributed by atoms with van der Waals surface area (Å²) in [6.07, 6.45) is 3.83.